The molecule has 3 rings (SSSR count). The van der Waals surface area contributed by atoms with Crippen LogP contribution >= 0.6 is 0 Å². The zero-order chi connectivity index (χ0) is 22.6. The fourth-order valence-electron chi connectivity index (χ4n) is 3.30. The van der Waals surface area contributed by atoms with Gasteiger partial charge in [0.2, 0.25) is 0 Å². The van der Waals surface area contributed by atoms with Gasteiger partial charge in [0.1, 0.15) is 0 Å². The van der Waals surface area contributed by atoms with Crippen molar-refractivity contribution in [2.24, 2.45) is 5.92 Å². The number of nitrogens with zero attached hydrogens (tertiary/aromatic N) is 4. The average Bonchev–Trinajstić information content (AvgIpc) is 3.10. The highest BCUT2D eigenvalue weighted by Crippen LogP contribution is 2.27. The zero-order valence-electron chi connectivity index (χ0n) is 19.1. The third-order valence-electron chi connectivity index (χ3n) is 5.07. The molecule has 1 aliphatic rings. The maximum Gasteiger partial charge on any atom is 0.409 e. The smallest absolute Gasteiger partial charge is 0.409 e. The van der Waals surface area contributed by atoms with Crippen molar-refractivity contribution in [2.75, 3.05) is 32.8 Å². The van der Waals surface area contributed by atoms with Crippen LogP contribution in [0.25, 0.3) is 11.5 Å². The lowest BCUT2D eigenvalue weighted by molar-refractivity contribution is 0.0747. The van der Waals surface area contributed by atoms with Gasteiger partial charge in [-0.25, -0.2) is 4.79 Å². The number of rotatable bonds is 4. The highest BCUT2D eigenvalue weighted by atomic mass is 16.6. The van der Waals surface area contributed by atoms with Crippen molar-refractivity contribution in [2.45, 2.75) is 46.5 Å². The van der Waals surface area contributed by atoms with Gasteiger partial charge >= 0.3 is 6.09 Å². The van der Waals surface area contributed by atoms with E-state index in [1.807, 2.05) is 52.8 Å². The van der Waals surface area contributed by atoms with E-state index in [1.54, 1.807) is 15.9 Å². The summed E-state index contributed by atoms with van der Waals surface area (Å²) in [7, 11) is 0. The van der Waals surface area contributed by atoms with Crippen molar-refractivity contribution in [3.63, 3.8) is 0 Å². The van der Waals surface area contributed by atoms with Gasteiger partial charge in [-0.15, -0.1) is 0 Å². The molecule has 0 bridgehead atoms. The van der Waals surface area contributed by atoms with Crippen molar-refractivity contribution in [3.05, 3.63) is 35.7 Å². The maximum atomic E-state index is 13.3. The molecule has 1 saturated heterocycles. The van der Waals surface area contributed by atoms with Gasteiger partial charge in [-0.05, 0) is 24.5 Å². The van der Waals surface area contributed by atoms with E-state index >= 15 is 0 Å². The maximum absolute atomic E-state index is 13.3. The van der Waals surface area contributed by atoms with Crippen molar-refractivity contribution in [1.82, 2.24) is 19.9 Å². The van der Waals surface area contributed by atoms with Crippen molar-refractivity contribution in [1.29, 1.82) is 0 Å². The first-order valence-corrected chi connectivity index (χ1v) is 10.8. The Hall–Kier alpha value is -2.90. The molecule has 8 nitrogen and oxygen atoms in total. The van der Waals surface area contributed by atoms with E-state index in [9.17, 15) is 9.59 Å². The Labute approximate surface area is 183 Å². The first-order chi connectivity index (χ1) is 14.7. The third-order valence-corrected chi connectivity index (χ3v) is 5.07. The lowest BCUT2D eigenvalue weighted by Crippen LogP contribution is -2.38. The van der Waals surface area contributed by atoms with Crippen LogP contribution in [-0.4, -0.2) is 64.7 Å². The van der Waals surface area contributed by atoms with Crippen LogP contribution in [0.4, 0.5) is 4.79 Å². The van der Waals surface area contributed by atoms with Gasteiger partial charge in [-0.3, -0.25) is 4.79 Å². The van der Waals surface area contributed by atoms with Crippen LogP contribution in [0.15, 0.2) is 28.8 Å². The van der Waals surface area contributed by atoms with Crippen molar-refractivity contribution in [3.8, 4) is 11.5 Å². The number of carbonyl (C=O) groups excluding carboxylic acids is 2. The molecule has 0 radical (unpaired) electrons. The molecular formula is C23H32N4O4. The summed E-state index contributed by atoms with van der Waals surface area (Å²) in [5, 5.41) is 4.08. The summed E-state index contributed by atoms with van der Waals surface area (Å²) in [5.41, 5.74) is 0.884. The second-order valence-electron chi connectivity index (χ2n) is 9.32. The van der Waals surface area contributed by atoms with Crippen molar-refractivity contribution < 1.29 is 18.8 Å². The van der Waals surface area contributed by atoms with Gasteiger partial charge in [-0.1, -0.05) is 51.9 Å². The Bertz CT molecular complexity index is 916. The van der Waals surface area contributed by atoms with Gasteiger partial charge in [-0.2, -0.15) is 4.98 Å². The Balaban J connectivity index is 1.74. The summed E-state index contributed by atoms with van der Waals surface area (Å²) in [5.74, 6) is 1.11. The number of amides is 2. The van der Waals surface area contributed by atoms with Crippen LogP contribution in [0.3, 0.4) is 0 Å². The fourth-order valence-corrected chi connectivity index (χ4v) is 3.30. The molecule has 168 valence electrons. The molecule has 0 N–H and O–H groups in total. The molecule has 31 heavy (non-hydrogen) atoms. The number of aromatic nitrogens is 2. The van der Waals surface area contributed by atoms with Crippen LogP contribution in [0.5, 0.6) is 0 Å². The second kappa shape index (κ2) is 9.49. The minimum Gasteiger partial charge on any atom is -0.449 e. The number of ether oxygens (including phenoxy) is 1. The lowest BCUT2D eigenvalue weighted by Gasteiger charge is -2.22. The Morgan fingerprint density at radius 3 is 2.45 bits per heavy atom. The minimum absolute atomic E-state index is 0.108. The second-order valence-corrected chi connectivity index (χ2v) is 9.32. The summed E-state index contributed by atoms with van der Waals surface area (Å²) in [6, 6.07) is 7.27. The fraction of sp³-hybridized carbons (Fsp3) is 0.565. The highest BCUT2D eigenvalue weighted by Gasteiger charge is 2.27. The van der Waals surface area contributed by atoms with E-state index in [1.165, 1.54) is 0 Å². The summed E-state index contributed by atoms with van der Waals surface area (Å²) in [4.78, 5) is 33.6. The SMILES string of the molecule is CC(C)COC(=O)N1CCCN(C(=O)c2ccccc2-c2nc(C(C)(C)C)no2)CC1. The molecular weight excluding hydrogens is 396 g/mol. The molecule has 1 aromatic heterocycles. The van der Waals surface area contributed by atoms with Gasteiger partial charge < -0.3 is 19.1 Å². The number of hydrogen-bond acceptors (Lipinski definition) is 6. The molecule has 2 heterocycles. The topological polar surface area (TPSA) is 88.8 Å². The van der Waals surface area contributed by atoms with E-state index in [0.717, 1.165) is 0 Å². The highest BCUT2D eigenvalue weighted by molar-refractivity contribution is 6.00. The average molecular weight is 429 g/mol. The van der Waals surface area contributed by atoms with Crippen LogP contribution in [0, 0.1) is 5.92 Å². The molecule has 2 amide bonds. The molecule has 0 saturated carbocycles. The summed E-state index contributed by atoms with van der Waals surface area (Å²) in [6.45, 7) is 12.4. The molecule has 1 fully saturated rings. The lowest BCUT2D eigenvalue weighted by atomic mass is 9.96. The monoisotopic (exact) mass is 428 g/mol. The predicted octanol–water partition coefficient (Wildman–Crippen LogP) is 3.97. The van der Waals surface area contributed by atoms with E-state index in [4.69, 9.17) is 9.26 Å². The predicted molar refractivity (Wildman–Crippen MR) is 117 cm³/mol. The first kappa shape index (κ1) is 22.8. The van der Waals surface area contributed by atoms with Crippen LogP contribution < -0.4 is 0 Å². The Morgan fingerprint density at radius 2 is 1.77 bits per heavy atom. The zero-order valence-corrected chi connectivity index (χ0v) is 19.1. The van der Waals surface area contributed by atoms with Gasteiger partial charge in [0.05, 0.1) is 17.7 Å². The largest absolute Gasteiger partial charge is 0.449 e. The van der Waals surface area contributed by atoms with Crippen LogP contribution in [-0.2, 0) is 10.2 Å². The van der Waals surface area contributed by atoms with Gasteiger partial charge in [0, 0.05) is 31.6 Å². The quantitative estimate of drug-likeness (QED) is 0.732. The molecule has 8 heteroatoms. The summed E-state index contributed by atoms with van der Waals surface area (Å²) >= 11 is 0. The van der Waals surface area contributed by atoms with E-state index in [0.29, 0.717) is 62.0 Å². The minimum atomic E-state index is -0.316. The molecule has 1 aromatic carbocycles. The summed E-state index contributed by atoms with van der Waals surface area (Å²) in [6.07, 6.45) is 0.378. The van der Waals surface area contributed by atoms with E-state index < -0.39 is 0 Å². The number of benzene rings is 1. The standard InChI is InChI=1S/C23H32N4O4/c1-16(2)15-30-22(29)27-12-8-11-26(13-14-27)20(28)18-10-7-6-9-17(18)19-24-21(25-31-19)23(3,4)5/h6-7,9-10,16H,8,11-15H2,1-5H3. The molecule has 1 aliphatic heterocycles. The number of carbonyl (C=O) groups is 2. The third kappa shape index (κ3) is 5.62. The molecule has 0 unspecified atom stereocenters. The summed E-state index contributed by atoms with van der Waals surface area (Å²) < 4.78 is 10.8. The molecule has 0 atom stereocenters. The van der Waals surface area contributed by atoms with E-state index in [2.05, 4.69) is 10.1 Å². The van der Waals surface area contributed by atoms with Gasteiger partial charge in [0.15, 0.2) is 5.82 Å². The van der Waals surface area contributed by atoms with Gasteiger partial charge in [0.25, 0.3) is 11.8 Å². The van der Waals surface area contributed by atoms with E-state index in [-0.39, 0.29) is 23.3 Å². The molecule has 0 aliphatic carbocycles. The molecule has 2 aromatic rings. The number of hydrogen-bond donors (Lipinski definition) is 0. The Morgan fingerprint density at radius 1 is 1.10 bits per heavy atom. The van der Waals surface area contributed by atoms with Crippen LogP contribution in [0.1, 0.15) is 57.2 Å². The van der Waals surface area contributed by atoms with Crippen molar-refractivity contribution >= 4 is 12.0 Å². The molecule has 0 spiro atoms. The Kier molecular flexibility index (Phi) is 6.97. The first-order valence-electron chi connectivity index (χ1n) is 10.8. The normalized spacial score (nSPS) is 15.2. The van der Waals surface area contributed by atoms with Crippen LogP contribution in [0.2, 0.25) is 0 Å².